The van der Waals surface area contributed by atoms with Crippen LogP contribution in [0.1, 0.15) is 5.56 Å². The Morgan fingerprint density at radius 1 is 1.48 bits per heavy atom. The number of nitrogens with zero attached hydrogens (tertiary/aromatic N) is 2. The molecular weight excluding hydrogens is 288 g/mol. The van der Waals surface area contributed by atoms with Crippen LogP contribution in [0, 0.1) is 0 Å². The molecule has 1 aliphatic heterocycles. The zero-order chi connectivity index (χ0) is 14.6. The molecule has 3 N–H and O–H groups in total. The van der Waals surface area contributed by atoms with Crippen molar-refractivity contribution in [2.24, 2.45) is 0 Å². The molecule has 6 heteroatoms. The second-order valence-corrected chi connectivity index (χ2v) is 5.72. The number of anilines is 2. The van der Waals surface area contributed by atoms with Gasteiger partial charge in [-0.15, -0.1) is 0 Å². The summed E-state index contributed by atoms with van der Waals surface area (Å²) in [7, 11) is 1.96. The van der Waals surface area contributed by atoms with E-state index in [1.54, 1.807) is 0 Å². The van der Waals surface area contributed by atoms with Crippen molar-refractivity contribution in [1.29, 1.82) is 0 Å². The second-order valence-electron chi connectivity index (χ2n) is 5.36. The highest BCUT2D eigenvalue weighted by atomic mass is 35.5. The highest BCUT2D eigenvalue weighted by molar-refractivity contribution is 6.33. The number of hydrogen-bond donors (Lipinski definition) is 2. The number of allylic oxidation sites excluding steroid dienone is 4. The summed E-state index contributed by atoms with van der Waals surface area (Å²) >= 11 is 6.39. The summed E-state index contributed by atoms with van der Waals surface area (Å²) in [6.45, 7) is 1.81. The van der Waals surface area contributed by atoms with Gasteiger partial charge in [-0.3, -0.25) is 0 Å². The van der Waals surface area contributed by atoms with Crippen LogP contribution in [0.15, 0.2) is 28.7 Å². The molecule has 2 aromatic heterocycles. The topological polar surface area (TPSA) is 67.3 Å². The summed E-state index contributed by atoms with van der Waals surface area (Å²) in [5.41, 5.74) is 8.40. The average molecular weight is 303 g/mol. The second kappa shape index (κ2) is 4.51. The number of likely N-dealkylation sites (N-methyl/N-ethyl adjacent to an activating group) is 1. The van der Waals surface area contributed by atoms with Crippen molar-refractivity contribution in [3.63, 3.8) is 0 Å². The Kier molecular flexibility index (Phi) is 2.74. The summed E-state index contributed by atoms with van der Waals surface area (Å²) in [5.74, 6) is 1.22. The monoisotopic (exact) mass is 302 g/mol. The highest BCUT2D eigenvalue weighted by Gasteiger charge is 2.30. The number of aromatic nitrogens is 1. The van der Waals surface area contributed by atoms with Crippen LogP contribution in [0.3, 0.4) is 0 Å². The molecule has 0 saturated carbocycles. The first-order valence-electron chi connectivity index (χ1n) is 6.87. The lowest BCUT2D eigenvalue weighted by molar-refractivity contribution is 0.448. The standard InChI is InChI=1S/C15H15ClN4O/c1-18-9-6-20(7-9)15-10-5-11(17)21-13(10)12(14(16)19-15)8-3-2-4-8/h2-5,9,18H,6-7,17H2,1H3. The van der Waals surface area contributed by atoms with Crippen molar-refractivity contribution >= 4 is 39.8 Å². The van der Waals surface area contributed by atoms with Crippen LogP contribution in [0.2, 0.25) is 5.15 Å². The maximum atomic E-state index is 6.39. The number of halogens is 1. The number of rotatable bonds is 3. The fourth-order valence-electron chi connectivity index (χ4n) is 2.75. The maximum Gasteiger partial charge on any atom is 0.191 e. The van der Waals surface area contributed by atoms with Gasteiger partial charge in [0.15, 0.2) is 11.5 Å². The van der Waals surface area contributed by atoms with E-state index in [4.69, 9.17) is 21.8 Å². The Morgan fingerprint density at radius 2 is 2.24 bits per heavy atom. The molecular formula is C15H15ClN4O. The van der Waals surface area contributed by atoms with Crippen LogP contribution in [-0.4, -0.2) is 31.2 Å². The van der Waals surface area contributed by atoms with Gasteiger partial charge in [-0.05, 0) is 12.6 Å². The van der Waals surface area contributed by atoms with Crippen LogP contribution < -0.4 is 16.0 Å². The lowest BCUT2D eigenvalue weighted by Gasteiger charge is -2.40. The number of pyridine rings is 1. The van der Waals surface area contributed by atoms with Gasteiger partial charge in [0.2, 0.25) is 0 Å². The predicted octanol–water partition coefficient (Wildman–Crippen LogP) is 2.42. The van der Waals surface area contributed by atoms with Crippen LogP contribution in [-0.2, 0) is 0 Å². The largest absolute Gasteiger partial charge is 0.440 e. The Bertz CT molecular complexity index is 787. The number of nitrogens with one attached hydrogen (secondary N) is 1. The molecule has 5 nitrogen and oxygen atoms in total. The van der Waals surface area contributed by atoms with Gasteiger partial charge in [0.25, 0.3) is 0 Å². The van der Waals surface area contributed by atoms with E-state index >= 15 is 0 Å². The van der Waals surface area contributed by atoms with Crippen LogP contribution in [0.4, 0.5) is 11.7 Å². The summed E-state index contributed by atoms with van der Waals surface area (Å²) in [6.07, 6.45) is 5.94. The third-order valence-corrected chi connectivity index (χ3v) is 4.33. The molecule has 4 rings (SSSR count). The number of nitrogen functional groups attached to an aromatic ring is 1. The molecule has 3 heterocycles. The Hall–Kier alpha value is -1.98. The first kappa shape index (κ1) is 12.7. The highest BCUT2D eigenvalue weighted by Crippen LogP contribution is 2.41. The fourth-order valence-corrected chi connectivity index (χ4v) is 3.02. The van der Waals surface area contributed by atoms with Crippen LogP contribution in [0.5, 0.6) is 0 Å². The van der Waals surface area contributed by atoms with Gasteiger partial charge >= 0.3 is 0 Å². The maximum absolute atomic E-state index is 6.39. The average Bonchev–Trinajstić information content (AvgIpc) is 2.71. The summed E-state index contributed by atoms with van der Waals surface area (Å²) in [6, 6.07) is 2.31. The van der Waals surface area contributed by atoms with Gasteiger partial charge in [0, 0.05) is 25.2 Å². The zero-order valence-electron chi connectivity index (χ0n) is 11.6. The van der Waals surface area contributed by atoms with Crippen molar-refractivity contribution in [3.05, 3.63) is 35.0 Å². The van der Waals surface area contributed by atoms with Gasteiger partial charge in [0.1, 0.15) is 11.0 Å². The van der Waals surface area contributed by atoms with E-state index in [-0.39, 0.29) is 0 Å². The Labute approximate surface area is 127 Å². The summed E-state index contributed by atoms with van der Waals surface area (Å²) < 4.78 is 5.69. The molecule has 2 aliphatic rings. The molecule has 2 aromatic rings. The molecule has 1 saturated heterocycles. The molecule has 108 valence electrons. The number of fused-ring (bicyclic) bond motifs is 1. The number of hydrogen-bond acceptors (Lipinski definition) is 5. The van der Waals surface area contributed by atoms with Gasteiger partial charge in [-0.2, -0.15) is 0 Å². The smallest absolute Gasteiger partial charge is 0.191 e. The van der Waals surface area contributed by atoms with E-state index in [2.05, 4.69) is 15.2 Å². The predicted molar refractivity (Wildman–Crippen MR) is 85.6 cm³/mol. The van der Waals surface area contributed by atoms with Gasteiger partial charge in [-0.1, -0.05) is 29.8 Å². The van der Waals surface area contributed by atoms with E-state index in [1.807, 2.05) is 31.3 Å². The van der Waals surface area contributed by atoms with Crippen molar-refractivity contribution in [2.45, 2.75) is 6.04 Å². The van der Waals surface area contributed by atoms with Crippen molar-refractivity contribution in [2.75, 3.05) is 30.8 Å². The number of furan rings is 1. The SMILES string of the molecule is CNC1CN(c2nc(Cl)c(C3=CC=C3)c3oc(N)cc23)C1. The van der Waals surface area contributed by atoms with Crippen molar-refractivity contribution in [3.8, 4) is 0 Å². The quantitative estimate of drug-likeness (QED) is 0.852. The zero-order valence-corrected chi connectivity index (χ0v) is 12.3. The van der Waals surface area contributed by atoms with Gasteiger partial charge in [-0.25, -0.2) is 4.98 Å². The van der Waals surface area contributed by atoms with Crippen molar-refractivity contribution < 1.29 is 4.42 Å². The molecule has 21 heavy (non-hydrogen) atoms. The molecule has 0 radical (unpaired) electrons. The third-order valence-electron chi connectivity index (χ3n) is 4.06. The normalized spacial score (nSPS) is 17.8. The molecule has 1 fully saturated rings. The molecule has 1 aliphatic carbocycles. The van der Waals surface area contributed by atoms with E-state index in [1.165, 1.54) is 0 Å². The van der Waals surface area contributed by atoms with E-state index in [0.29, 0.717) is 22.7 Å². The Morgan fingerprint density at radius 3 is 2.86 bits per heavy atom. The minimum Gasteiger partial charge on any atom is -0.440 e. The molecule has 0 aromatic carbocycles. The fraction of sp³-hybridized carbons (Fsp3) is 0.267. The van der Waals surface area contributed by atoms with Crippen molar-refractivity contribution in [1.82, 2.24) is 10.3 Å². The van der Waals surface area contributed by atoms with Crippen LogP contribution in [0.25, 0.3) is 16.5 Å². The molecule has 0 spiro atoms. The van der Waals surface area contributed by atoms with Gasteiger partial charge < -0.3 is 20.4 Å². The Balaban J connectivity index is 1.86. The van der Waals surface area contributed by atoms with E-state index in [9.17, 15) is 0 Å². The minimum atomic E-state index is 0.381. The molecule has 0 unspecified atom stereocenters. The number of nitrogens with two attached hydrogens (primary N) is 1. The van der Waals surface area contributed by atoms with E-state index < -0.39 is 0 Å². The lowest BCUT2D eigenvalue weighted by Crippen LogP contribution is -2.57. The molecule has 0 bridgehead atoms. The first-order chi connectivity index (χ1) is 10.2. The molecule has 0 atom stereocenters. The summed E-state index contributed by atoms with van der Waals surface area (Å²) in [4.78, 5) is 6.76. The molecule has 0 amide bonds. The van der Waals surface area contributed by atoms with Gasteiger partial charge in [0.05, 0.1) is 10.9 Å². The van der Waals surface area contributed by atoms with Crippen LogP contribution >= 0.6 is 11.6 Å². The minimum absolute atomic E-state index is 0.381. The lowest BCUT2D eigenvalue weighted by atomic mass is 9.99. The third kappa shape index (κ3) is 1.85. The summed E-state index contributed by atoms with van der Waals surface area (Å²) in [5, 5.41) is 4.62. The van der Waals surface area contributed by atoms with E-state index in [0.717, 1.165) is 35.4 Å². The first-order valence-corrected chi connectivity index (χ1v) is 7.24.